The second-order valence-corrected chi connectivity index (χ2v) is 4.57. The van der Waals surface area contributed by atoms with E-state index in [9.17, 15) is 0 Å². The predicted octanol–water partition coefficient (Wildman–Crippen LogP) is 2.61. The molecule has 1 aliphatic rings. The molecule has 0 amide bonds. The molecule has 4 nitrogen and oxygen atoms in total. The number of ether oxygens (including phenoxy) is 1. The number of hydrogen-bond acceptors (Lipinski definition) is 4. The molecule has 2 aromatic rings. The number of rotatable bonds is 3. The van der Waals surface area contributed by atoms with E-state index >= 15 is 0 Å². The van der Waals surface area contributed by atoms with Crippen molar-refractivity contribution in [3.05, 3.63) is 36.0 Å². The van der Waals surface area contributed by atoms with E-state index in [0.29, 0.717) is 11.7 Å². The van der Waals surface area contributed by atoms with Crippen molar-refractivity contribution >= 4 is 5.82 Å². The summed E-state index contributed by atoms with van der Waals surface area (Å²) in [6, 6.07) is 9.88. The van der Waals surface area contributed by atoms with E-state index in [1.54, 1.807) is 7.11 Å². The third-order valence-corrected chi connectivity index (χ3v) is 3.24. The fourth-order valence-electron chi connectivity index (χ4n) is 2.00. The number of benzene rings is 1. The smallest absolute Gasteiger partial charge is 0.153 e. The van der Waals surface area contributed by atoms with Gasteiger partial charge in [0.05, 0.1) is 12.8 Å². The molecule has 1 saturated carbocycles. The molecule has 0 aliphatic heterocycles. The van der Waals surface area contributed by atoms with Gasteiger partial charge in [0.2, 0.25) is 0 Å². The van der Waals surface area contributed by atoms with Crippen LogP contribution in [0.15, 0.2) is 30.3 Å². The van der Waals surface area contributed by atoms with Crippen molar-refractivity contribution < 1.29 is 4.74 Å². The normalized spacial score (nSPS) is 14.5. The van der Waals surface area contributed by atoms with Crippen molar-refractivity contribution in [2.75, 3.05) is 12.8 Å². The van der Waals surface area contributed by atoms with Gasteiger partial charge in [-0.1, -0.05) is 12.1 Å². The molecule has 0 saturated heterocycles. The minimum Gasteiger partial charge on any atom is -0.497 e. The maximum absolute atomic E-state index is 5.91. The lowest BCUT2D eigenvalue weighted by molar-refractivity contribution is 0.415. The van der Waals surface area contributed by atoms with E-state index in [0.717, 1.165) is 22.6 Å². The molecule has 1 aliphatic carbocycles. The van der Waals surface area contributed by atoms with Gasteiger partial charge in [-0.3, -0.25) is 0 Å². The summed E-state index contributed by atoms with van der Waals surface area (Å²) in [5.41, 5.74) is 8.96. The molecule has 1 fully saturated rings. The molecule has 2 N–H and O–H groups in total. The Bertz CT molecular complexity index is 562. The summed E-state index contributed by atoms with van der Waals surface area (Å²) in [4.78, 5) is 0. The van der Waals surface area contributed by atoms with E-state index in [4.69, 9.17) is 10.5 Å². The van der Waals surface area contributed by atoms with Crippen LogP contribution in [0.1, 0.15) is 24.5 Å². The number of methoxy groups -OCH3 is 1. The van der Waals surface area contributed by atoms with Gasteiger partial charge in [0, 0.05) is 11.5 Å². The third kappa shape index (κ3) is 2.01. The van der Waals surface area contributed by atoms with Crippen molar-refractivity contribution in [3.63, 3.8) is 0 Å². The molecule has 0 spiro atoms. The highest BCUT2D eigenvalue weighted by atomic mass is 16.5. The number of hydrogen-bond donors (Lipinski definition) is 1. The summed E-state index contributed by atoms with van der Waals surface area (Å²) in [6.45, 7) is 0. The Morgan fingerprint density at radius 1 is 1.17 bits per heavy atom. The van der Waals surface area contributed by atoms with Crippen molar-refractivity contribution in [2.24, 2.45) is 0 Å². The lowest BCUT2D eigenvalue weighted by atomic mass is 10.1. The Labute approximate surface area is 106 Å². The van der Waals surface area contributed by atoms with Crippen LogP contribution in [0, 0.1) is 0 Å². The predicted molar refractivity (Wildman–Crippen MR) is 70.4 cm³/mol. The Morgan fingerprint density at radius 2 is 1.89 bits per heavy atom. The second-order valence-electron chi connectivity index (χ2n) is 4.57. The van der Waals surface area contributed by atoms with Gasteiger partial charge in [-0.25, -0.2) is 0 Å². The molecule has 0 unspecified atom stereocenters. The number of nitrogens with zero attached hydrogens (tertiary/aromatic N) is 2. The van der Waals surface area contributed by atoms with Crippen LogP contribution in [0.3, 0.4) is 0 Å². The third-order valence-electron chi connectivity index (χ3n) is 3.24. The summed E-state index contributed by atoms with van der Waals surface area (Å²) >= 11 is 0. The number of anilines is 1. The van der Waals surface area contributed by atoms with Crippen LogP contribution in [0.5, 0.6) is 5.75 Å². The van der Waals surface area contributed by atoms with Gasteiger partial charge < -0.3 is 10.5 Å². The van der Waals surface area contributed by atoms with Crippen molar-refractivity contribution in [1.29, 1.82) is 0 Å². The molecule has 0 atom stereocenters. The lowest BCUT2D eigenvalue weighted by Gasteiger charge is -2.07. The van der Waals surface area contributed by atoms with Crippen LogP contribution in [-0.4, -0.2) is 17.3 Å². The van der Waals surface area contributed by atoms with Gasteiger partial charge >= 0.3 is 0 Å². The summed E-state index contributed by atoms with van der Waals surface area (Å²) < 4.78 is 5.15. The Kier molecular flexibility index (Phi) is 2.63. The number of nitrogen functional groups attached to an aromatic ring is 1. The zero-order valence-electron chi connectivity index (χ0n) is 10.3. The molecule has 92 valence electrons. The first-order valence-electron chi connectivity index (χ1n) is 6.05. The van der Waals surface area contributed by atoms with Gasteiger partial charge in [-0.15, -0.1) is 5.10 Å². The fourth-order valence-corrected chi connectivity index (χ4v) is 2.00. The Balaban J connectivity index is 2.00. The molecule has 1 heterocycles. The van der Waals surface area contributed by atoms with E-state index in [-0.39, 0.29) is 0 Å². The lowest BCUT2D eigenvalue weighted by Crippen LogP contribution is -1.99. The van der Waals surface area contributed by atoms with Crippen LogP contribution in [0.4, 0.5) is 5.82 Å². The highest BCUT2D eigenvalue weighted by Gasteiger charge is 2.26. The minimum absolute atomic E-state index is 0.476. The molecule has 4 heteroatoms. The quantitative estimate of drug-likeness (QED) is 0.897. The zero-order chi connectivity index (χ0) is 12.5. The molecule has 1 aromatic carbocycles. The standard InChI is InChI=1S/C14H15N3O/c1-18-11-6-4-9(5-7-11)12-8-13(10-2-3-10)16-17-14(12)15/h4-8,10H,2-3H2,1H3,(H2,15,17). The van der Waals surface area contributed by atoms with Crippen molar-refractivity contribution in [3.8, 4) is 16.9 Å². The van der Waals surface area contributed by atoms with Gasteiger partial charge in [-0.2, -0.15) is 5.10 Å². The van der Waals surface area contributed by atoms with Crippen molar-refractivity contribution in [1.82, 2.24) is 10.2 Å². The monoisotopic (exact) mass is 241 g/mol. The van der Waals surface area contributed by atoms with E-state index in [1.807, 2.05) is 24.3 Å². The highest BCUT2D eigenvalue weighted by Crippen LogP contribution is 2.40. The molecule has 0 radical (unpaired) electrons. The van der Waals surface area contributed by atoms with E-state index in [1.165, 1.54) is 12.8 Å². The topological polar surface area (TPSA) is 61.0 Å². The van der Waals surface area contributed by atoms with E-state index < -0.39 is 0 Å². The Hall–Kier alpha value is -2.10. The average Bonchev–Trinajstić information content (AvgIpc) is 3.24. The maximum atomic E-state index is 5.91. The molecule has 3 rings (SSSR count). The molecule has 0 bridgehead atoms. The van der Waals surface area contributed by atoms with Crippen LogP contribution < -0.4 is 10.5 Å². The Morgan fingerprint density at radius 3 is 2.50 bits per heavy atom. The zero-order valence-corrected chi connectivity index (χ0v) is 10.3. The SMILES string of the molecule is COc1ccc(-c2cc(C3CC3)nnc2N)cc1. The largest absolute Gasteiger partial charge is 0.497 e. The molecule has 1 aromatic heterocycles. The van der Waals surface area contributed by atoms with E-state index in [2.05, 4.69) is 16.3 Å². The van der Waals surface area contributed by atoms with Gasteiger partial charge in [0.1, 0.15) is 5.75 Å². The van der Waals surface area contributed by atoms with Gasteiger partial charge in [0.15, 0.2) is 5.82 Å². The summed E-state index contributed by atoms with van der Waals surface area (Å²) in [5.74, 6) is 1.89. The summed E-state index contributed by atoms with van der Waals surface area (Å²) in [6.07, 6.45) is 2.42. The first-order chi connectivity index (χ1) is 8.78. The first-order valence-corrected chi connectivity index (χ1v) is 6.05. The average molecular weight is 241 g/mol. The maximum Gasteiger partial charge on any atom is 0.153 e. The van der Waals surface area contributed by atoms with Crippen LogP contribution in [0.2, 0.25) is 0 Å². The summed E-state index contributed by atoms with van der Waals surface area (Å²) in [7, 11) is 1.66. The van der Waals surface area contributed by atoms with Crippen molar-refractivity contribution in [2.45, 2.75) is 18.8 Å². The fraction of sp³-hybridized carbons (Fsp3) is 0.286. The number of nitrogens with two attached hydrogens (primary N) is 1. The van der Waals surface area contributed by atoms with Gasteiger partial charge in [-0.05, 0) is 36.6 Å². The first kappa shape index (κ1) is 11.0. The van der Waals surface area contributed by atoms with Crippen LogP contribution in [0.25, 0.3) is 11.1 Å². The van der Waals surface area contributed by atoms with Crippen LogP contribution >= 0.6 is 0 Å². The second kappa shape index (κ2) is 4.29. The molecular formula is C14H15N3O. The van der Waals surface area contributed by atoms with Crippen LogP contribution in [-0.2, 0) is 0 Å². The highest BCUT2D eigenvalue weighted by molar-refractivity contribution is 5.74. The van der Waals surface area contributed by atoms with Gasteiger partial charge in [0.25, 0.3) is 0 Å². The molecular weight excluding hydrogens is 226 g/mol. The number of aromatic nitrogens is 2. The molecule has 18 heavy (non-hydrogen) atoms. The summed E-state index contributed by atoms with van der Waals surface area (Å²) in [5, 5.41) is 8.22. The minimum atomic E-state index is 0.476.